The van der Waals surface area contributed by atoms with Gasteiger partial charge >= 0.3 is 6.03 Å². The molecule has 7 heteroatoms. The fourth-order valence-corrected chi connectivity index (χ4v) is 2.60. The van der Waals surface area contributed by atoms with E-state index in [9.17, 15) is 9.59 Å². The number of halogens is 1. The summed E-state index contributed by atoms with van der Waals surface area (Å²) in [4.78, 5) is 28.8. The first kappa shape index (κ1) is 19.7. The van der Waals surface area contributed by atoms with Crippen molar-refractivity contribution in [2.45, 2.75) is 32.9 Å². The molecule has 0 saturated heterocycles. The van der Waals surface area contributed by atoms with Crippen LogP contribution in [0.25, 0.3) is 0 Å². The maximum atomic E-state index is 12.5. The average molecular weight is 375 g/mol. The molecule has 3 amide bonds. The lowest BCUT2D eigenvalue weighted by molar-refractivity contribution is -0.123. The molecule has 6 nitrogen and oxygen atoms in total. The number of aromatic nitrogens is 1. The van der Waals surface area contributed by atoms with Crippen molar-refractivity contribution in [2.24, 2.45) is 5.92 Å². The van der Waals surface area contributed by atoms with Crippen molar-refractivity contribution in [1.29, 1.82) is 0 Å². The molecule has 0 fully saturated rings. The number of carbonyl (C=O) groups is 2. The molecule has 1 aromatic carbocycles. The lowest BCUT2D eigenvalue weighted by atomic mass is 10.0. The highest BCUT2D eigenvalue weighted by Crippen LogP contribution is 2.15. The van der Waals surface area contributed by atoms with Crippen LogP contribution < -0.4 is 16.0 Å². The van der Waals surface area contributed by atoms with Crippen molar-refractivity contribution < 1.29 is 9.59 Å². The van der Waals surface area contributed by atoms with Gasteiger partial charge in [0.25, 0.3) is 0 Å². The Kier molecular flexibility index (Phi) is 7.41. The molecule has 1 heterocycles. The van der Waals surface area contributed by atoms with Gasteiger partial charge in [-0.25, -0.2) is 4.79 Å². The van der Waals surface area contributed by atoms with Crippen molar-refractivity contribution in [2.75, 3.05) is 5.32 Å². The van der Waals surface area contributed by atoms with Gasteiger partial charge in [-0.05, 0) is 42.2 Å². The first-order valence-corrected chi connectivity index (χ1v) is 8.81. The van der Waals surface area contributed by atoms with E-state index < -0.39 is 12.1 Å². The smallest absolute Gasteiger partial charge is 0.319 e. The highest BCUT2D eigenvalue weighted by molar-refractivity contribution is 6.30. The molecule has 0 radical (unpaired) electrons. The fraction of sp³-hybridized carbons (Fsp3) is 0.316. The van der Waals surface area contributed by atoms with Gasteiger partial charge in [0.05, 0.1) is 0 Å². The van der Waals surface area contributed by atoms with E-state index in [4.69, 9.17) is 11.6 Å². The number of hydrogen-bond acceptors (Lipinski definition) is 3. The number of pyridine rings is 1. The van der Waals surface area contributed by atoms with Gasteiger partial charge in [0.2, 0.25) is 5.91 Å². The van der Waals surface area contributed by atoms with Crippen LogP contribution in [0.5, 0.6) is 0 Å². The lowest BCUT2D eigenvalue weighted by Crippen LogP contribution is -2.48. The number of rotatable bonds is 7. The van der Waals surface area contributed by atoms with Gasteiger partial charge in [-0.1, -0.05) is 37.6 Å². The van der Waals surface area contributed by atoms with Gasteiger partial charge in [0.1, 0.15) is 6.04 Å². The Labute approximate surface area is 158 Å². The van der Waals surface area contributed by atoms with Crippen LogP contribution in [0.1, 0.15) is 25.8 Å². The molecule has 138 valence electrons. The number of benzene rings is 1. The molecule has 0 saturated carbocycles. The number of amides is 3. The molecule has 2 rings (SSSR count). The molecular formula is C19H23ClN4O2. The molecule has 3 N–H and O–H groups in total. The Bertz CT molecular complexity index is 737. The van der Waals surface area contributed by atoms with E-state index in [1.807, 2.05) is 26.0 Å². The van der Waals surface area contributed by atoms with Gasteiger partial charge in [0, 0.05) is 29.6 Å². The largest absolute Gasteiger partial charge is 0.350 e. The van der Waals surface area contributed by atoms with E-state index in [1.54, 1.807) is 36.7 Å². The highest BCUT2D eigenvalue weighted by Gasteiger charge is 2.21. The zero-order chi connectivity index (χ0) is 18.9. The summed E-state index contributed by atoms with van der Waals surface area (Å²) in [6, 6.07) is 9.43. The fourth-order valence-electron chi connectivity index (χ4n) is 2.41. The molecule has 1 atom stereocenters. The van der Waals surface area contributed by atoms with Crippen LogP contribution in [0, 0.1) is 5.92 Å². The number of nitrogens with one attached hydrogen (secondary N) is 3. The van der Waals surface area contributed by atoms with Crippen LogP contribution in [0.4, 0.5) is 10.5 Å². The van der Waals surface area contributed by atoms with E-state index in [0.29, 0.717) is 23.7 Å². The van der Waals surface area contributed by atoms with E-state index in [0.717, 1.165) is 5.56 Å². The predicted octanol–water partition coefficient (Wildman–Crippen LogP) is 3.59. The first-order valence-electron chi connectivity index (χ1n) is 8.43. The Morgan fingerprint density at radius 2 is 2.00 bits per heavy atom. The van der Waals surface area contributed by atoms with E-state index in [-0.39, 0.29) is 11.8 Å². The summed E-state index contributed by atoms with van der Waals surface area (Å²) in [6.07, 6.45) is 3.90. The number of anilines is 1. The summed E-state index contributed by atoms with van der Waals surface area (Å²) in [5.74, 6) is 0.0133. The maximum absolute atomic E-state index is 12.5. The topological polar surface area (TPSA) is 83.1 Å². The van der Waals surface area contributed by atoms with E-state index in [1.165, 1.54) is 0 Å². The van der Waals surface area contributed by atoms with Crippen molar-refractivity contribution in [3.8, 4) is 0 Å². The third-order valence-corrected chi connectivity index (χ3v) is 3.84. The number of hydrogen-bond donors (Lipinski definition) is 3. The first-order chi connectivity index (χ1) is 12.4. The van der Waals surface area contributed by atoms with Crippen LogP contribution in [0.3, 0.4) is 0 Å². The van der Waals surface area contributed by atoms with Gasteiger partial charge < -0.3 is 16.0 Å². The zero-order valence-corrected chi connectivity index (χ0v) is 15.6. The second-order valence-electron chi connectivity index (χ2n) is 6.37. The Hall–Kier alpha value is -2.60. The summed E-state index contributed by atoms with van der Waals surface area (Å²) in [7, 11) is 0. The van der Waals surface area contributed by atoms with Gasteiger partial charge in [-0.15, -0.1) is 0 Å². The summed E-state index contributed by atoms with van der Waals surface area (Å²) < 4.78 is 0. The molecule has 2 aromatic rings. The zero-order valence-electron chi connectivity index (χ0n) is 14.8. The molecular weight excluding hydrogens is 352 g/mol. The highest BCUT2D eigenvalue weighted by atomic mass is 35.5. The van der Waals surface area contributed by atoms with Crippen LogP contribution in [0.2, 0.25) is 5.02 Å². The standard InChI is InChI=1S/C19H23ClN4O2/c1-13(2)9-17(18(25)22-12-14-5-4-8-21-11-14)24-19(26)23-16-7-3-6-15(20)10-16/h3-8,10-11,13,17H,9,12H2,1-2H3,(H,22,25)(H2,23,24,26)/t17-/m1/s1. The normalized spacial score (nSPS) is 11.7. The lowest BCUT2D eigenvalue weighted by Gasteiger charge is -2.20. The summed E-state index contributed by atoms with van der Waals surface area (Å²) in [6.45, 7) is 4.36. The second kappa shape index (κ2) is 9.77. The maximum Gasteiger partial charge on any atom is 0.319 e. The monoisotopic (exact) mass is 374 g/mol. The minimum atomic E-state index is -0.633. The summed E-state index contributed by atoms with van der Waals surface area (Å²) >= 11 is 5.91. The number of carbonyl (C=O) groups excluding carboxylic acids is 2. The molecule has 0 aliphatic carbocycles. The molecule has 0 spiro atoms. The predicted molar refractivity (Wildman–Crippen MR) is 103 cm³/mol. The van der Waals surface area contributed by atoms with Gasteiger partial charge in [-0.3, -0.25) is 9.78 Å². The molecule has 0 bridgehead atoms. The minimum Gasteiger partial charge on any atom is -0.350 e. The van der Waals surface area contributed by atoms with E-state index >= 15 is 0 Å². The van der Waals surface area contributed by atoms with Crippen molar-refractivity contribution in [3.63, 3.8) is 0 Å². The van der Waals surface area contributed by atoms with Crippen LogP contribution in [-0.4, -0.2) is 23.0 Å². The molecule has 1 aromatic heterocycles. The molecule has 0 aliphatic rings. The van der Waals surface area contributed by atoms with Crippen LogP contribution in [-0.2, 0) is 11.3 Å². The minimum absolute atomic E-state index is 0.233. The SMILES string of the molecule is CC(C)C[C@@H](NC(=O)Nc1cccc(Cl)c1)C(=O)NCc1cccnc1. The second-order valence-corrected chi connectivity index (χ2v) is 6.81. The van der Waals surface area contributed by atoms with Crippen LogP contribution >= 0.6 is 11.6 Å². The number of urea groups is 1. The Balaban J connectivity index is 1.94. The van der Waals surface area contributed by atoms with Gasteiger partial charge in [0.15, 0.2) is 0 Å². The summed E-state index contributed by atoms with van der Waals surface area (Å²) in [5, 5.41) is 8.79. The molecule has 0 unspecified atom stereocenters. The third-order valence-electron chi connectivity index (χ3n) is 3.60. The third kappa shape index (κ3) is 6.72. The van der Waals surface area contributed by atoms with Crippen molar-refractivity contribution >= 4 is 29.2 Å². The van der Waals surface area contributed by atoms with Gasteiger partial charge in [-0.2, -0.15) is 0 Å². The van der Waals surface area contributed by atoms with Crippen molar-refractivity contribution in [1.82, 2.24) is 15.6 Å². The van der Waals surface area contributed by atoms with E-state index in [2.05, 4.69) is 20.9 Å². The molecule has 0 aliphatic heterocycles. The van der Waals surface area contributed by atoms with Crippen molar-refractivity contribution in [3.05, 3.63) is 59.4 Å². The Morgan fingerprint density at radius 1 is 1.19 bits per heavy atom. The summed E-state index contributed by atoms with van der Waals surface area (Å²) in [5.41, 5.74) is 1.46. The van der Waals surface area contributed by atoms with Crippen LogP contribution in [0.15, 0.2) is 48.8 Å². The average Bonchev–Trinajstić information content (AvgIpc) is 2.59. The Morgan fingerprint density at radius 3 is 2.65 bits per heavy atom. The molecule has 26 heavy (non-hydrogen) atoms. The number of nitrogens with zero attached hydrogens (tertiary/aromatic N) is 1. The quantitative estimate of drug-likeness (QED) is 0.692.